The molecule has 1 aromatic heterocycles. The van der Waals surface area contributed by atoms with Gasteiger partial charge in [0.05, 0.1) is 5.69 Å². The zero-order chi connectivity index (χ0) is 9.68. The van der Waals surface area contributed by atoms with E-state index in [0.717, 1.165) is 17.0 Å². The summed E-state index contributed by atoms with van der Waals surface area (Å²) in [4.78, 5) is 4.32. The predicted molar refractivity (Wildman–Crippen MR) is 53.3 cm³/mol. The first-order valence-electron chi connectivity index (χ1n) is 4.07. The van der Waals surface area contributed by atoms with Gasteiger partial charge in [-0.15, -0.1) is 0 Å². The van der Waals surface area contributed by atoms with Crippen molar-refractivity contribution in [2.45, 2.75) is 6.92 Å². The Kier molecular flexibility index (Phi) is 3.42. The van der Waals surface area contributed by atoms with Gasteiger partial charge in [0, 0.05) is 24.0 Å². The zero-order valence-electron chi connectivity index (χ0n) is 7.62. The quantitative estimate of drug-likeness (QED) is 0.455. The van der Waals surface area contributed by atoms with Crippen LogP contribution in [0, 0.1) is 6.92 Å². The summed E-state index contributed by atoms with van der Waals surface area (Å²) in [5, 5.41) is 0. The van der Waals surface area contributed by atoms with E-state index < -0.39 is 0 Å². The number of hydrogen-bond acceptors (Lipinski definition) is 4. The topological polar surface area (TPSA) is 77.0 Å². The van der Waals surface area contributed by atoms with Crippen LogP contribution in [0.4, 0.5) is 0 Å². The van der Waals surface area contributed by atoms with E-state index in [1.807, 2.05) is 25.1 Å². The third-order valence-electron chi connectivity index (χ3n) is 1.69. The Balaban J connectivity index is 2.98. The number of pyridine rings is 1. The van der Waals surface area contributed by atoms with Crippen molar-refractivity contribution in [2.24, 2.45) is 11.6 Å². The molecule has 0 unspecified atom stereocenters. The van der Waals surface area contributed by atoms with E-state index in [1.165, 1.54) is 0 Å². The SMILES string of the molecule is Cc1cccc(/C(=C/NN)CN)n1. The summed E-state index contributed by atoms with van der Waals surface area (Å²) in [5.41, 5.74) is 10.7. The molecule has 1 aromatic rings. The van der Waals surface area contributed by atoms with E-state index in [2.05, 4.69) is 10.4 Å². The van der Waals surface area contributed by atoms with Gasteiger partial charge < -0.3 is 11.2 Å². The molecule has 0 amide bonds. The lowest BCUT2D eigenvalue weighted by molar-refractivity contribution is 0.960. The van der Waals surface area contributed by atoms with Crippen molar-refractivity contribution in [2.75, 3.05) is 6.54 Å². The molecule has 0 aliphatic rings. The summed E-state index contributed by atoms with van der Waals surface area (Å²) in [7, 11) is 0. The Hall–Kier alpha value is -1.39. The van der Waals surface area contributed by atoms with Crippen LogP contribution in [0.1, 0.15) is 11.4 Å². The fourth-order valence-corrected chi connectivity index (χ4v) is 1.06. The number of hydrazine groups is 1. The molecule has 0 spiro atoms. The molecule has 4 nitrogen and oxygen atoms in total. The highest BCUT2D eigenvalue weighted by Crippen LogP contribution is 2.09. The van der Waals surface area contributed by atoms with Gasteiger partial charge in [-0.1, -0.05) is 6.07 Å². The zero-order valence-corrected chi connectivity index (χ0v) is 7.62. The number of nitrogens with one attached hydrogen (secondary N) is 1. The Labute approximate surface area is 77.6 Å². The van der Waals surface area contributed by atoms with Crippen molar-refractivity contribution < 1.29 is 0 Å². The molecular formula is C9H14N4. The highest BCUT2D eigenvalue weighted by Gasteiger charge is 1.99. The first-order chi connectivity index (χ1) is 6.27. The van der Waals surface area contributed by atoms with Crippen molar-refractivity contribution in [3.05, 3.63) is 35.8 Å². The molecule has 1 rings (SSSR count). The van der Waals surface area contributed by atoms with E-state index >= 15 is 0 Å². The summed E-state index contributed by atoms with van der Waals surface area (Å²) in [6.45, 7) is 2.36. The van der Waals surface area contributed by atoms with Gasteiger partial charge >= 0.3 is 0 Å². The number of nitrogens with two attached hydrogens (primary N) is 2. The second-order valence-corrected chi connectivity index (χ2v) is 2.70. The number of aryl methyl sites for hydroxylation is 1. The van der Waals surface area contributed by atoms with Gasteiger partial charge in [0.15, 0.2) is 0 Å². The van der Waals surface area contributed by atoms with Crippen molar-refractivity contribution in [3.8, 4) is 0 Å². The molecule has 70 valence electrons. The van der Waals surface area contributed by atoms with Gasteiger partial charge in [-0.2, -0.15) is 0 Å². The van der Waals surface area contributed by atoms with Crippen LogP contribution < -0.4 is 17.0 Å². The standard InChI is InChI=1S/C9H14N4/c1-7-3-2-4-9(13-7)8(5-10)6-12-11/h2-4,6,12H,5,10-11H2,1H3/b8-6+. The minimum atomic E-state index is 0.417. The van der Waals surface area contributed by atoms with Gasteiger partial charge in [-0.25, -0.2) is 0 Å². The van der Waals surface area contributed by atoms with Crippen molar-refractivity contribution in [3.63, 3.8) is 0 Å². The maximum absolute atomic E-state index is 5.54. The van der Waals surface area contributed by atoms with Gasteiger partial charge in [0.1, 0.15) is 0 Å². The maximum Gasteiger partial charge on any atom is 0.0692 e. The predicted octanol–water partition coefficient (Wildman–Crippen LogP) is 0.153. The molecule has 0 saturated heterocycles. The highest BCUT2D eigenvalue weighted by molar-refractivity contribution is 5.63. The first-order valence-corrected chi connectivity index (χ1v) is 4.07. The van der Waals surface area contributed by atoms with E-state index in [4.69, 9.17) is 11.6 Å². The molecule has 0 aromatic carbocycles. The number of nitrogens with zero attached hydrogens (tertiary/aromatic N) is 1. The summed E-state index contributed by atoms with van der Waals surface area (Å²) in [5.74, 6) is 5.17. The fraction of sp³-hybridized carbons (Fsp3) is 0.222. The molecule has 0 fully saturated rings. The largest absolute Gasteiger partial charge is 0.331 e. The molecule has 13 heavy (non-hydrogen) atoms. The molecule has 0 aliphatic carbocycles. The summed E-state index contributed by atoms with van der Waals surface area (Å²) in [6.07, 6.45) is 1.65. The number of hydrogen-bond donors (Lipinski definition) is 3. The monoisotopic (exact) mass is 178 g/mol. The van der Waals surface area contributed by atoms with E-state index in [0.29, 0.717) is 6.54 Å². The number of aromatic nitrogens is 1. The van der Waals surface area contributed by atoms with Crippen LogP contribution in [-0.4, -0.2) is 11.5 Å². The fourth-order valence-electron chi connectivity index (χ4n) is 1.06. The molecule has 1 heterocycles. The lowest BCUT2D eigenvalue weighted by Gasteiger charge is -2.04. The normalized spacial score (nSPS) is 11.5. The molecule has 0 saturated carbocycles. The Morgan fingerprint density at radius 1 is 1.62 bits per heavy atom. The lowest BCUT2D eigenvalue weighted by Crippen LogP contribution is -2.16. The van der Waals surface area contributed by atoms with Crippen molar-refractivity contribution >= 4 is 5.57 Å². The molecule has 0 bridgehead atoms. The number of rotatable bonds is 3. The first kappa shape index (κ1) is 9.70. The maximum atomic E-state index is 5.54. The van der Waals surface area contributed by atoms with Gasteiger partial charge in [0.2, 0.25) is 0 Å². The summed E-state index contributed by atoms with van der Waals surface area (Å²) < 4.78 is 0. The third kappa shape index (κ3) is 2.54. The average molecular weight is 178 g/mol. The lowest BCUT2D eigenvalue weighted by atomic mass is 10.2. The van der Waals surface area contributed by atoms with Crippen LogP contribution in [0.2, 0.25) is 0 Å². The molecular weight excluding hydrogens is 164 g/mol. The molecule has 0 aliphatic heterocycles. The van der Waals surface area contributed by atoms with Crippen molar-refractivity contribution in [1.82, 2.24) is 10.4 Å². The highest BCUT2D eigenvalue weighted by atomic mass is 15.2. The smallest absolute Gasteiger partial charge is 0.0692 e. The minimum absolute atomic E-state index is 0.417. The van der Waals surface area contributed by atoms with Crippen LogP contribution in [0.3, 0.4) is 0 Å². The summed E-state index contributed by atoms with van der Waals surface area (Å²) in [6, 6.07) is 5.79. The second kappa shape index (κ2) is 4.59. The van der Waals surface area contributed by atoms with Crippen LogP contribution in [0.5, 0.6) is 0 Å². The molecule has 4 heteroatoms. The van der Waals surface area contributed by atoms with E-state index in [9.17, 15) is 0 Å². The van der Waals surface area contributed by atoms with E-state index in [-0.39, 0.29) is 0 Å². The molecule has 5 N–H and O–H groups in total. The van der Waals surface area contributed by atoms with Crippen LogP contribution in [0.25, 0.3) is 5.57 Å². The van der Waals surface area contributed by atoms with Crippen LogP contribution in [0.15, 0.2) is 24.4 Å². The Morgan fingerprint density at radius 2 is 2.38 bits per heavy atom. The average Bonchev–Trinajstić information content (AvgIpc) is 2.14. The third-order valence-corrected chi connectivity index (χ3v) is 1.69. The molecule has 0 atom stereocenters. The minimum Gasteiger partial charge on any atom is -0.331 e. The van der Waals surface area contributed by atoms with Gasteiger partial charge in [0.25, 0.3) is 0 Å². The van der Waals surface area contributed by atoms with Gasteiger partial charge in [-0.3, -0.25) is 10.8 Å². The van der Waals surface area contributed by atoms with Crippen LogP contribution in [-0.2, 0) is 0 Å². The van der Waals surface area contributed by atoms with Crippen molar-refractivity contribution in [1.29, 1.82) is 0 Å². The molecule has 0 radical (unpaired) electrons. The summed E-state index contributed by atoms with van der Waals surface area (Å²) >= 11 is 0. The van der Waals surface area contributed by atoms with Gasteiger partial charge in [-0.05, 0) is 19.1 Å². The second-order valence-electron chi connectivity index (χ2n) is 2.70. The Bertz CT molecular complexity index is 306. The van der Waals surface area contributed by atoms with Crippen LogP contribution >= 0.6 is 0 Å². The Morgan fingerprint density at radius 3 is 2.92 bits per heavy atom. The van der Waals surface area contributed by atoms with E-state index in [1.54, 1.807) is 6.20 Å².